The second kappa shape index (κ2) is 9.98. The maximum absolute atomic E-state index is 11.0. The van der Waals surface area contributed by atoms with Gasteiger partial charge in [0.1, 0.15) is 6.61 Å². The van der Waals surface area contributed by atoms with Crippen LogP contribution in [0, 0.1) is 0 Å². The van der Waals surface area contributed by atoms with Crippen LogP contribution in [0.4, 0.5) is 0 Å². The summed E-state index contributed by atoms with van der Waals surface area (Å²) in [4.78, 5) is 11.0. The van der Waals surface area contributed by atoms with Crippen molar-refractivity contribution >= 4 is 30.0 Å². The molecule has 3 rings (SSSR count). The zero-order valence-corrected chi connectivity index (χ0v) is 16.9. The summed E-state index contributed by atoms with van der Waals surface area (Å²) in [5.74, 6) is -0.0497. The third-order valence-electron chi connectivity index (χ3n) is 4.38. The molecule has 1 heterocycles. The Kier molecular flexibility index (Phi) is 7.95. The molecule has 0 aliphatic carbocycles. The lowest BCUT2D eigenvalue weighted by atomic mass is 10.0. The van der Waals surface area contributed by atoms with Crippen LogP contribution in [0.1, 0.15) is 24.2 Å². The lowest BCUT2D eigenvalue weighted by Crippen LogP contribution is -2.36. The zero-order chi connectivity index (χ0) is 19.4. The van der Waals surface area contributed by atoms with Crippen molar-refractivity contribution in [2.24, 2.45) is 0 Å². The molecule has 28 heavy (non-hydrogen) atoms. The number of hydrogen-bond acceptors (Lipinski definition) is 5. The number of rotatable bonds is 7. The molecule has 3 N–H and O–H groups in total. The molecule has 0 aromatic heterocycles. The summed E-state index contributed by atoms with van der Waals surface area (Å²) in [7, 11) is 0. The minimum atomic E-state index is -1.04. The highest BCUT2D eigenvalue weighted by atomic mass is 35.5. The fourth-order valence-electron chi connectivity index (χ4n) is 2.93. The average molecular weight is 428 g/mol. The van der Waals surface area contributed by atoms with Gasteiger partial charge in [-0.25, -0.2) is 4.79 Å². The molecule has 0 spiro atoms. The SMILES string of the molecule is C[C@H](Cc1ccc2c(c1)OC[C@@H](C(=O)O)O2)NCC(O)c1cccc(Cl)c1.Cl. The number of aliphatic hydroxyl groups excluding tert-OH is 1. The van der Waals surface area contributed by atoms with E-state index in [0.717, 1.165) is 17.5 Å². The summed E-state index contributed by atoms with van der Waals surface area (Å²) in [6.07, 6.45) is -0.891. The van der Waals surface area contributed by atoms with Crippen molar-refractivity contribution in [3.63, 3.8) is 0 Å². The second-order valence-electron chi connectivity index (χ2n) is 6.62. The standard InChI is InChI=1S/C20H22ClNO5.ClH/c1-12(22-10-16(23)14-3-2-4-15(21)9-14)7-13-5-6-17-18(8-13)26-11-19(27-17)20(24)25;/h2-6,8-9,12,16,19,22-23H,7,10-11H2,1H3,(H,24,25);1H/t12-,16?,19+;/m1./s1. The van der Waals surface area contributed by atoms with Crippen LogP contribution in [0.5, 0.6) is 11.5 Å². The monoisotopic (exact) mass is 427 g/mol. The van der Waals surface area contributed by atoms with Gasteiger partial charge >= 0.3 is 5.97 Å². The van der Waals surface area contributed by atoms with Gasteiger partial charge in [-0.05, 0) is 48.7 Å². The molecule has 152 valence electrons. The fraction of sp³-hybridized carbons (Fsp3) is 0.350. The number of nitrogens with one attached hydrogen (secondary N) is 1. The van der Waals surface area contributed by atoms with Gasteiger partial charge in [-0.15, -0.1) is 12.4 Å². The molecule has 6 nitrogen and oxygen atoms in total. The lowest BCUT2D eigenvalue weighted by Gasteiger charge is -2.24. The van der Waals surface area contributed by atoms with Crippen LogP contribution in [-0.2, 0) is 11.2 Å². The second-order valence-corrected chi connectivity index (χ2v) is 7.06. The molecule has 0 saturated carbocycles. The first-order valence-electron chi connectivity index (χ1n) is 8.74. The largest absolute Gasteiger partial charge is 0.485 e. The van der Waals surface area contributed by atoms with E-state index >= 15 is 0 Å². The molecule has 0 radical (unpaired) electrons. The van der Waals surface area contributed by atoms with E-state index in [9.17, 15) is 9.90 Å². The van der Waals surface area contributed by atoms with E-state index in [1.807, 2.05) is 31.2 Å². The van der Waals surface area contributed by atoms with Crippen LogP contribution in [0.3, 0.4) is 0 Å². The number of carboxylic acid groups (broad SMARTS) is 1. The van der Waals surface area contributed by atoms with E-state index in [0.29, 0.717) is 23.1 Å². The minimum absolute atomic E-state index is 0. The minimum Gasteiger partial charge on any atom is -0.485 e. The molecule has 2 aromatic carbocycles. The summed E-state index contributed by atoms with van der Waals surface area (Å²) >= 11 is 5.96. The highest BCUT2D eigenvalue weighted by Crippen LogP contribution is 2.33. The average Bonchev–Trinajstić information content (AvgIpc) is 2.65. The number of aliphatic carboxylic acids is 1. The quantitative estimate of drug-likeness (QED) is 0.628. The number of benzene rings is 2. The Hall–Kier alpha value is -1.99. The molecule has 1 aliphatic heterocycles. The van der Waals surface area contributed by atoms with Crippen molar-refractivity contribution in [3.05, 3.63) is 58.6 Å². The van der Waals surface area contributed by atoms with Crippen LogP contribution < -0.4 is 14.8 Å². The van der Waals surface area contributed by atoms with Gasteiger partial charge in [-0.1, -0.05) is 29.8 Å². The maximum Gasteiger partial charge on any atom is 0.348 e. The van der Waals surface area contributed by atoms with Crippen molar-refractivity contribution in [2.75, 3.05) is 13.2 Å². The van der Waals surface area contributed by atoms with Gasteiger partial charge in [-0.2, -0.15) is 0 Å². The van der Waals surface area contributed by atoms with Gasteiger partial charge in [0.25, 0.3) is 0 Å². The molecular weight excluding hydrogens is 405 g/mol. The summed E-state index contributed by atoms with van der Waals surface area (Å²) in [6, 6.07) is 12.8. The van der Waals surface area contributed by atoms with E-state index in [4.69, 9.17) is 26.2 Å². The Morgan fingerprint density at radius 2 is 2.07 bits per heavy atom. The van der Waals surface area contributed by atoms with Crippen LogP contribution in [0.25, 0.3) is 0 Å². The fourth-order valence-corrected chi connectivity index (χ4v) is 3.13. The number of carbonyl (C=O) groups is 1. The van der Waals surface area contributed by atoms with Crippen LogP contribution >= 0.6 is 24.0 Å². The Morgan fingerprint density at radius 3 is 2.79 bits per heavy atom. The highest BCUT2D eigenvalue weighted by molar-refractivity contribution is 6.30. The number of carboxylic acids is 1. The predicted octanol–water partition coefficient (Wildman–Crippen LogP) is 3.24. The predicted molar refractivity (Wildman–Crippen MR) is 109 cm³/mol. The zero-order valence-electron chi connectivity index (χ0n) is 15.3. The van der Waals surface area contributed by atoms with E-state index < -0.39 is 18.2 Å². The van der Waals surface area contributed by atoms with Crippen LogP contribution in [0.15, 0.2) is 42.5 Å². The van der Waals surface area contributed by atoms with Gasteiger partial charge in [0.05, 0.1) is 6.10 Å². The normalized spacial score (nSPS) is 17.3. The molecule has 0 bridgehead atoms. The van der Waals surface area contributed by atoms with Gasteiger partial charge in [0, 0.05) is 17.6 Å². The third kappa shape index (κ3) is 5.75. The smallest absolute Gasteiger partial charge is 0.348 e. The first kappa shape index (κ1) is 22.3. The molecular formula is C20H23Cl2NO5. The number of fused-ring (bicyclic) bond motifs is 1. The third-order valence-corrected chi connectivity index (χ3v) is 4.61. The molecule has 0 fully saturated rings. The van der Waals surface area contributed by atoms with E-state index in [1.54, 1.807) is 18.2 Å². The van der Waals surface area contributed by atoms with Crippen LogP contribution in [0.2, 0.25) is 5.02 Å². The molecule has 1 unspecified atom stereocenters. The Labute approximate surface area is 174 Å². The van der Waals surface area contributed by atoms with E-state index in [2.05, 4.69) is 5.32 Å². The Bertz CT molecular complexity index is 817. The summed E-state index contributed by atoms with van der Waals surface area (Å²) in [5, 5.41) is 23.2. The summed E-state index contributed by atoms with van der Waals surface area (Å²) < 4.78 is 10.9. The van der Waals surface area contributed by atoms with Crippen molar-refractivity contribution in [1.82, 2.24) is 5.32 Å². The van der Waals surface area contributed by atoms with Crippen LogP contribution in [-0.4, -0.2) is 41.5 Å². The number of hydrogen-bond donors (Lipinski definition) is 3. The Morgan fingerprint density at radius 1 is 1.29 bits per heavy atom. The van der Waals surface area contributed by atoms with E-state index in [-0.39, 0.29) is 25.1 Å². The maximum atomic E-state index is 11.0. The molecule has 2 aromatic rings. The highest BCUT2D eigenvalue weighted by Gasteiger charge is 2.27. The first-order chi connectivity index (χ1) is 12.9. The topological polar surface area (TPSA) is 88.0 Å². The number of aliphatic hydroxyl groups is 1. The van der Waals surface area contributed by atoms with Crippen molar-refractivity contribution in [2.45, 2.75) is 31.6 Å². The summed E-state index contributed by atoms with van der Waals surface area (Å²) in [5.41, 5.74) is 1.80. The van der Waals surface area contributed by atoms with Gasteiger partial charge in [0.2, 0.25) is 6.10 Å². The van der Waals surface area contributed by atoms with Crippen molar-refractivity contribution in [3.8, 4) is 11.5 Å². The van der Waals surface area contributed by atoms with Gasteiger partial charge in [0.15, 0.2) is 11.5 Å². The number of halogens is 2. The number of ether oxygens (including phenoxy) is 2. The van der Waals surface area contributed by atoms with E-state index in [1.165, 1.54) is 0 Å². The lowest BCUT2D eigenvalue weighted by molar-refractivity contribution is -0.147. The molecule has 0 saturated heterocycles. The molecule has 1 aliphatic rings. The van der Waals surface area contributed by atoms with Gasteiger partial charge in [-0.3, -0.25) is 0 Å². The Balaban J connectivity index is 0.00000280. The first-order valence-corrected chi connectivity index (χ1v) is 9.12. The van der Waals surface area contributed by atoms with Crippen molar-refractivity contribution in [1.29, 1.82) is 0 Å². The summed E-state index contributed by atoms with van der Waals surface area (Å²) in [6.45, 7) is 2.43. The molecule has 8 heteroatoms. The molecule has 0 amide bonds. The molecule has 3 atom stereocenters. The van der Waals surface area contributed by atoms with Gasteiger partial charge < -0.3 is 25.0 Å². The van der Waals surface area contributed by atoms with Crippen molar-refractivity contribution < 1.29 is 24.5 Å².